The number of hydrogen-bond acceptors (Lipinski definition) is 4. The molecule has 0 aliphatic carbocycles. The van der Waals surface area contributed by atoms with Gasteiger partial charge in [-0.15, -0.1) is 0 Å². The maximum atomic E-state index is 12.1. The number of methoxy groups -OCH3 is 1. The lowest BCUT2D eigenvalue weighted by Crippen LogP contribution is -2.19. The lowest BCUT2D eigenvalue weighted by atomic mass is 10.2. The summed E-state index contributed by atoms with van der Waals surface area (Å²) in [5.74, 6) is -0.144. The maximum Gasteiger partial charge on any atom is 0.248 e. The second-order valence-corrected chi connectivity index (χ2v) is 7.67. The molecule has 0 radical (unpaired) electrons. The summed E-state index contributed by atoms with van der Waals surface area (Å²) in [6.45, 7) is 1.87. The molecule has 0 fully saturated rings. The van der Waals surface area contributed by atoms with Gasteiger partial charge in [-0.2, -0.15) is 0 Å². The van der Waals surface area contributed by atoms with E-state index in [1.807, 2.05) is 6.92 Å². The average molecular weight is 395 g/mol. The predicted molar refractivity (Wildman–Crippen MR) is 103 cm³/mol. The van der Waals surface area contributed by atoms with Gasteiger partial charge < -0.3 is 10.1 Å². The van der Waals surface area contributed by atoms with Crippen molar-refractivity contribution in [2.75, 3.05) is 19.5 Å². The summed E-state index contributed by atoms with van der Waals surface area (Å²) in [4.78, 5) is 12.0. The van der Waals surface area contributed by atoms with E-state index in [4.69, 9.17) is 16.3 Å². The molecule has 0 heterocycles. The van der Waals surface area contributed by atoms with Gasteiger partial charge in [-0.1, -0.05) is 23.7 Å². The zero-order valence-corrected chi connectivity index (χ0v) is 16.1. The van der Waals surface area contributed by atoms with Crippen LogP contribution in [0.25, 0.3) is 6.08 Å². The Labute approximate surface area is 157 Å². The molecule has 0 bridgehead atoms. The number of rotatable bonds is 6. The summed E-state index contributed by atoms with van der Waals surface area (Å²) < 4.78 is 31.5. The first kappa shape index (κ1) is 20.0. The Hall–Kier alpha value is -2.35. The van der Waals surface area contributed by atoms with E-state index in [0.29, 0.717) is 16.3 Å². The molecule has 2 N–H and O–H groups in total. The van der Waals surface area contributed by atoms with Crippen LogP contribution in [0.15, 0.2) is 47.4 Å². The molecule has 0 unspecified atom stereocenters. The summed E-state index contributed by atoms with van der Waals surface area (Å²) in [5, 5.41) is 3.25. The Morgan fingerprint density at radius 3 is 2.54 bits per heavy atom. The molecule has 0 aliphatic rings. The van der Waals surface area contributed by atoms with Gasteiger partial charge in [-0.25, -0.2) is 13.1 Å². The second-order valence-electron chi connectivity index (χ2n) is 5.40. The number of carbonyl (C=O) groups is 1. The van der Waals surface area contributed by atoms with Gasteiger partial charge in [0.1, 0.15) is 10.6 Å². The predicted octanol–water partition coefficient (Wildman–Crippen LogP) is 3.22. The van der Waals surface area contributed by atoms with E-state index < -0.39 is 10.0 Å². The van der Waals surface area contributed by atoms with Crippen LogP contribution < -0.4 is 14.8 Å². The Morgan fingerprint density at radius 1 is 1.19 bits per heavy atom. The fourth-order valence-corrected chi connectivity index (χ4v) is 3.25. The van der Waals surface area contributed by atoms with Gasteiger partial charge in [-0.3, -0.25) is 4.79 Å². The summed E-state index contributed by atoms with van der Waals surface area (Å²) >= 11 is 6.03. The minimum Gasteiger partial charge on any atom is -0.495 e. The third-order valence-electron chi connectivity index (χ3n) is 3.61. The zero-order valence-electron chi connectivity index (χ0n) is 14.5. The average Bonchev–Trinajstić information content (AvgIpc) is 2.62. The molecular formula is C18H19ClN2O4S. The Balaban J connectivity index is 2.20. The van der Waals surface area contributed by atoms with Crippen LogP contribution in [0.5, 0.6) is 5.75 Å². The Bertz CT molecular complexity index is 956. The van der Waals surface area contributed by atoms with Crippen LogP contribution in [-0.2, 0) is 14.8 Å². The lowest BCUT2D eigenvalue weighted by Gasteiger charge is -2.09. The van der Waals surface area contributed by atoms with E-state index in [2.05, 4.69) is 10.0 Å². The highest BCUT2D eigenvalue weighted by Gasteiger charge is 2.17. The lowest BCUT2D eigenvalue weighted by molar-refractivity contribution is -0.111. The van der Waals surface area contributed by atoms with Crippen molar-refractivity contribution in [3.8, 4) is 5.75 Å². The first-order valence-corrected chi connectivity index (χ1v) is 9.49. The van der Waals surface area contributed by atoms with Crippen LogP contribution in [0.4, 0.5) is 5.69 Å². The molecule has 0 aliphatic heterocycles. The quantitative estimate of drug-likeness (QED) is 0.737. The Morgan fingerprint density at radius 2 is 1.92 bits per heavy atom. The highest BCUT2D eigenvalue weighted by molar-refractivity contribution is 7.89. The number of ether oxygens (including phenoxy) is 1. The van der Waals surface area contributed by atoms with Crippen molar-refractivity contribution < 1.29 is 17.9 Å². The minimum atomic E-state index is -3.68. The van der Waals surface area contributed by atoms with E-state index in [1.54, 1.807) is 24.3 Å². The first-order valence-electron chi connectivity index (χ1n) is 7.63. The molecule has 8 heteroatoms. The van der Waals surface area contributed by atoms with Crippen LogP contribution in [0, 0.1) is 6.92 Å². The van der Waals surface area contributed by atoms with Crippen molar-refractivity contribution in [1.29, 1.82) is 0 Å². The molecule has 0 spiro atoms. The highest BCUT2D eigenvalue weighted by atomic mass is 35.5. The fourth-order valence-electron chi connectivity index (χ4n) is 2.14. The van der Waals surface area contributed by atoms with E-state index in [0.717, 1.165) is 5.56 Å². The number of halogens is 1. The SMILES string of the molecule is CNS(=O)(=O)c1cc(/C=C/C(=O)Nc2ccc(C)c(Cl)c2)ccc1OC. The van der Waals surface area contributed by atoms with Crippen molar-refractivity contribution in [3.05, 3.63) is 58.6 Å². The third-order valence-corrected chi connectivity index (χ3v) is 5.46. The van der Waals surface area contributed by atoms with E-state index in [-0.39, 0.29) is 16.6 Å². The fraction of sp³-hybridized carbons (Fsp3) is 0.167. The van der Waals surface area contributed by atoms with Crippen LogP contribution in [0.2, 0.25) is 5.02 Å². The summed E-state index contributed by atoms with van der Waals surface area (Å²) in [5.41, 5.74) is 2.02. The number of benzene rings is 2. The molecule has 0 saturated carbocycles. The molecule has 1 amide bonds. The van der Waals surface area contributed by atoms with Gasteiger partial charge >= 0.3 is 0 Å². The Kier molecular flexibility index (Phi) is 6.42. The number of aryl methyl sites for hydroxylation is 1. The number of amides is 1. The van der Waals surface area contributed by atoms with Gasteiger partial charge in [0.25, 0.3) is 0 Å². The molecule has 0 saturated heterocycles. The van der Waals surface area contributed by atoms with Crippen molar-refractivity contribution in [2.45, 2.75) is 11.8 Å². The number of hydrogen-bond donors (Lipinski definition) is 2. The molecule has 0 atom stereocenters. The number of carbonyl (C=O) groups excluding carboxylic acids is 1. The van der Waals surface area contributed by atoms with Crippen LogP contribution in [0.1, 0.15) is 11.1 Å². The molecule has 2 aromatic carbocycles. The van der Waals surface area contributed by atoms with Crippen molar-refractivity contribution in [1.82, 2.24) is 4.72 Å². The largest absolute Gasteiger partial charge is 0.495 e. The van der Waals surface area contributed by atoms with Crippen molar-refractivity contribution in [2.24, 2.45) is 0 Å². The molecule has 2 aromatic rings. The zero-order chi connectivity index (χ0) is 19.3. The summed E-state index contributed by atoms with van der Waals surface area (Å²) in [7, 11) is -0.978. The van der Waals surface area contributed by atoms with Crippen molar-refractivity contribution >= 4 is 39.3 Å². The topological polar surface area (TPSA) is 84.5 Å². The van der Waals surface area contributed by atoms with Crippen LogP contribution in [0.3, 0.4) is 0 Å². The normalized spacial score (nSPS) is 11.5. The first-order chi connectivity index (χ1) is 12.3. The standard InChI is InChI=1S/C18H19ClN2O4S/c1-12-4-7-14(11-15(12)19)21-18(22)9-6-13-5-8-16(25-3)17(10-13)26(23,24)20-2/h4-11,20H,1-3H3,(H,21,22)/b9-6+. The monoisotopic (exact) mass is 394 g/mol. The van der Waals surface area contributed by atoms with E-state index >= 15 is 0 Å². The molecule has 138 valence electrons. The molecule has 2 rings (SSSR count). The molecule has 0 aromatic heterocycles. The van der Waals surface area contributed by atoms with Gasteiger partial charge in [-0.05, 0) is 55.4 Å². The smallest absolute Gasteiger partial charge is 0.248 e. The van der Waals surface area contributed by atoms with Gasteiger partial charge in [0.15, 0.2) is 0 Å². The van der Waals surface area contributed by atoms with Gasteiger partial charge in [0, 0.05) is 16.8 Å². The second kappa shape index (κ2) is 8.35. The van der Waals surface area contributed by atoms with Gasteiger partial charge in [0.2, 0.25) is 15.9 Å². The highest BCUT2D eigenvalue weighted by Crippen LogP contribution is 2.25. The maximum absolute atomic E-state index is 12.1. The van der Waals surface area contributed by atoms with E-state index in [9.17, 15) is 13.2 Å². The number of nitrogens with one attached hydrogen (secondary N) is 2. The summed E-state index contributed by atoms with van der Waals surface area (Å²) in [6, 6.07) is 9.82. The number of sulfonamides is 1. The molecular weight excluding hydrogens is 376 g/mol. The third kappa shape index (κ3) is 4.85. The van der Waals surface area contributed by atoms with Crippen LogP contribution >= 0.6 is 11.6 Å². The van der Waals surface area contributed by atoms with Gasteiger partial charge in [0.05, 0.1) is 7.11 Å². The van der Waals surface area contributed by atoms with Crippen molar-refractivity contribution in [3.63, 3.8) is 0 Å². The number of anilines is 1. The minimum absolute atomic E-state index is 0.00428. The van der Waals surface area contributed by atoms with E-state index in [1.165, 1.54) is 38.4 Å². The summed E-state index contributed by atoms with van der Waals surface area (Å²) in [6.07, 6.45) is 2.82. The molecule has 26 heavy (non-hydrogen) atoms. The van der Waals surface area contributed by atoms with Crippen LogP contribution in [-0.4, -0.2) is 28.5 Å². The molecule has 6 nitrogen and oxygen atoms in total.